The fourth-order valence-corrected chi connectivity index (χ4v) is 2.73. The number of hydrogen-bond donors (Lipinski definition) is 1. The van der Waals surface area contributed by atoms with E-state index >= 15 is 0 Å². The molecule has 2 aromatic rings. The SMILES string of the molecule is C[C@@H]1Cc2cc3c(C(F)(F)F)cc(=O)n(C)c3cc2N1. The Morgan fingerprint density at radius 1 is 1.30 bits per heavy atom. The van der Waals surface area contributed by atoms with Gasteiger partial charge in [-0.3, -0.25) is 4.79 Å². The van der Waals surface area contributed by atoms with E-state index in [2.05, 4.69) is 5.32 Å². The van der Waals surface area contributed by atoms with Crippen LogP contribution in [0.1, 0.15) is 18.1 Å². The normalized spacial score (nSPS) is 18.1. The van der Waals surface area contributed by atoms with Crippen LogP contribution in [-0.4, -0.2) is 10.6 Å². The molecule has 0 fully saturated rings. The minimum Gasteiger partial charge on any atom is -0.382 e. The molecule has 0 saturated carbocycles. The van der Waals surface area contributed by atoms with Crippen LogP contribution < -0.4 is 10.9 Å². The molecule has 0 aliphatic carbocycles. The number of aryl methyl sites for hydroxylation is 1. The molecule has 3 nitrogen and oxygen atoms in total. The van der Waals surface area contributed by atoms with Gasteiger partial charge in [0.2, 0.25) is 0 Å². The van der Waals surface area contributed by atoms with E-state index in [1.165, 1.54) is 11.6 Å². The topological polar surface area (TPSA) is 34.0 Å². The Hall–Kier alpha value is -1.98. The monoisotopic (exact) mass is 282 g/mol. The van der Waals surface area contributed by atoms with Gasteiger partial charge in [-0.15, -0.1) is 0 Å². The van der Waals surface area contributed by atoms with Gasteiger partial charge in [-0.1, -0.05) is 0 Å². The smallest absolute Gasteiger partial charge is 0.382 e. The van der Waals surface area contributed by atoms with Crippen molar-refractivity contribution in [1.82, 2.24) is 4.57 Å². The van der Waals surface area contributed by atoms with Crippen molar-refractivity contribution < 1.29 is 13.2 Å². The molecule has 0 unspecified atom stereocenters. The molecular weight excluding hydrogens is 269 g/mol. The molecule has 1 atom stereocenters. The van der Waals surface area contributed by atoms with Crippen LogP contribution in [0.5, 0.6) is 0 Å². The number of benzene rings is 1. The maximum absolute atomic E-state index is 13.1. The quantitative estimate of drug-likeness (QED) is 0.806. The Labute approximate surface area is 113 Å². The predicted molar refractivity (Wildman–Crippen MR) is 71.0 cm³/mol. The molecule has 1 N–H and O–H groups in total. The van der Waals surface area contributed by atoms with Gasteiger partial charge in [-0.05, 0) is 31.0 Å². The van der Waals surface area contributed by atoms with Crippen LogP contribution >= 0.6 is 0 Å². The van der Waals surface area contributed by atoms with Crippen molar-refractivity contribution in [2.45, 2.75) is 25.6 Å². The van der Waals surface area contributed by atoms with Crippen molar-refractivity contribution in [3.8, 4) is 0 Å². The Kier molecular flexibility index (Phi) is 2.61. The minimum atomic E-state index is -4.53. The lowest BCUT2D eigenvalue weighted by atomic mass is 10.0. The first-order valence-electron chi connectivity index (χ1n) is 6.28. The summed E-state index contributed by atoms with van der Waals surface area (Å²) in [6.45, 7) is 1.97. The Balaban J connectivity index is 2.41. The summed E-state index contributed by atoms with van der Waals surface area (Å²) < 4.78 is 40.5. The molecule has 1 aliphatic heterocycles. The van der Waals surface area contributed by atoms with Gasteiger partial charge < -0.3 is 9.88 Å². The first kappa shape index (κ1) is 13.0. The highest BCUT2D eigenvalue weighted by Crippen LogP contribution is 2.37. The maximum atomic E-state index is 13.1. The third-order valence-electron chi connectivity index (χ3n) is 3.70. The summed E-state index contributed by atoms with van der Waals surface area (Å²) in [6.07, 6.45) is -3.84. The molecule has 20 heavy (non-hydrogen) atoms. The summed E-state index contributed by atoms with van der Waals surface area (Å²) in [5.41, 5.74) is 0.437. The van der Waals surface area contributed by atoms with Gasteiger partial charge in [0.1, 0.15) is 0 Å². The third-order valence-corrected chi connectivity index (χ3v) is 3.70. The highest BCUT2D eigenvalue weighted by molar-refractivity contribution is 5.88. The number of alkyl halides is 3. The standard InChI is InChI=1S/C14H13F3N2O/c1-7-3-8-4-9-10(14(15,16)17)5-13(20)19(2)12(9)6-11(8)18-7/h4-7,18H,3H2,1-2H3/t7-/m1/s1. The number of halogens is 3. The summed E-state index contributed by atoms with van der Waals surface area (Å²) in [5.74, 6) is 0. The van der Waals surface area contributed by atoms with Gasteiger partial charge >= 0.3 is 6.18 Å². The Morgan fingerprint density at radius 2 is 2.00 bits per heavy atom. The molecule has 0 bridgehead atoms. The van der Waals surface area contributed by atoms with E-state index in [0.717, 1.165) is 11.3 Å². The second-order valence-corrected chi connectivity index (χ2v) is 5.23. The number of hydrogen-bond acceptors (Lipinski definition) is 2. The van der Waals surface area contributed by atoms with E-state index in [1.54, 1.807) is 12.1 Å². The highest BCUT2D eigenvalue weighted by atomic mass is 19.4. The van der Waals surface area contributed by atoms with Crippen molar-refractivity contribution in [1.29, 1.82) is 0 Å². The molecule has 6 heteroatoms. The third kappa shape index (κ3) is 1.87. The summed E-state index contributed by atoms with van der Waals surface area (Å²) in [4.78, 5) is 11.7. The first-order chi connectivity index (χ1) is 9.27. The molecule has 2 heterocycles. The number of pyridine rings is 1. The number of aromatic nitrogens is 1. The number of rotatable bonds is 0. The average Bonchev–Trinajstić information content (AvgIpc) is 2.69. The van der Waals surface area contributed by atoms with Crippen molar-refractivity contribution in [2.24, 2.45) is 7.05 Å². The zero-order chi connectivity index (χ0) is 14.7. The van der Waals surface area contributed by atoms with Gasteiger partial charge in [-0.2, -0.15) is 13.2 Å². The minimum absolute atomic E-state index is 0.0780. The average molecular weight is 282 g/mol. The molecule has 0 saturated heterocycles. The molecule has 1 aliphatic rings. The van der Waals surface area contributed by atoms with Crippen LogP contribution in [0.3, 0.4) is 0 Å². The molecule has 1 aromatic heterocycles. The zero-order valence-electron chi connectivity index (χ0n) is 11.0. The summed E-state index contributed by atoms with van der Waals surface area (Å²) in [7, 11) is 1.48. The molecule has 1 aromatic carbocycles. The van der Waals surface area contributed by atoms with Crippen LogP contribution in [0.4, 0.5) is 18.9 Å². The number of nitrogens with zero attached hydrogens (tertiary/aromatic N) is 1. The van der Waals surface area contributed by atoms with E-state index in [4.69, 9.17) is 0 Å². The second-order valence-electron chi connectivity index (χ2n) is 5.23. The van der Waals surface area contributed by atoms with E-state index < -0.39 is 17.3 Å². The summed E-state index contributed by atoms with van der Waals surface area (Å²) in [5, 5.41) is 3.28. The molecule has 0 spiro atoms. The zero-order valence-corrected chi connectivity index (χ0v) is 11.0. The van der Waals surface area contributed by atoms with E-state index in [1.807, 2.05) is 6.92 Å². The Bertz CT molecular complexity index is 762. The van der Waals surface area contributed by atoms with Crippen LogP contribution in [0.15, 0.2) is 23.0 Å². The van der Waals surface area contributed by atoms with Crippen molar-refractivity contribution >= 4 is 16.6 Å². The van der Waals surface area contributed by atoms with Crippen molar-refractivity contribution in [3.63, 3.8) is 0 Å². The van der Waals surface area contributed by atoms with Crippen LogP contribution in [0.25, 0.3) is 10.9 Å². The van der Waals surface area contributed by atoms with E-state index in [0.29, 0.717) is 18.0 Å². The van der Waals surface area contributed by atoms with Gasteiger partial charge in [-0.25, -0.2) is 0 Å². The molecule has 0 amide bonds. The fourth-order valence-electron chi connectivity index (χ4n) is 2.73. The van der Waals surface area contributed by atoms with Crippen LogP contribution in [-0.2, 0) is 19.6 Å². The number of nitrogens with one attached hydrogen (secondary N) is 1. The largest absolute Gasteiger partial charge is 0.417 e. The lowest BCUT2D eigenvalue weighted by molar-refractivity contribution is -0.136. The highest BCUT2D eigenvalue weighted by Gasteiger charge is 2.34. The summed E-state index contributed by atoms with van der Waals surface area (Å²) >= 11 is 0. The van der Waals surface area contributed by atoms with Gasteiger partial charge in [0.05, 0.1) is 11.1 Å². The van der Waals surface area contributed by atoms with E-state index in [-0.39, 0.29) is 11.4 Å². The van der Waals surface area contributed by atoms with Crippen molar-refractivity contribution in [3.05, 3.63) is 39.7 Å². The predicted octanol–water partition coefficient (Wildman–Crippen LogP) is 2.91. The Morgan fingerprint density at radius 3 is 2.65 bits per heavy atom. The molecule has 106 valence electrons. The number of anilines is 1. The first-order valence-corrected chi connectivity index (χ1v) is 6.28. The van der Waals surface area contributed by atoms with Crippen molar-refractivity contribution in [2.75, 3.05) is 5.32 Å². The van der Waals surface area contributed by atoms with E-state index in [9.17, 15) is 18.0 Å². The maximum Gasteiger partial charge on any atom is 0.417 e. The van der Waals surface area contributed by atoms with Crippen LogP contribution in [0, 0.1) is 0 Å². The molecular formula is C14H13F3N2O. The molecule has 0 radical (unpaired) electrons. The summed E-state index contributed by atoms with van der Waals surface area (Å²) in [6, 6.07) is 4.03. The fraction of sp³-hybridized carbons (Fsp3) is 0.357. The van der Waals surface area contributed by atoms with Gasteiger partial charge in [0.15, 0.2) is 0 Å². The van der Waals surface area contributed by atoms with Gasteiger partial charge in [0.25, 0.3) is 5.56 Å². The lowest BCUT2D eigenvalue weighted by Crippen LogP contribution is -2.20. The lowest BCUT2D eigenvalue weighted by Gasteiger charge is -2.14. The van der Waals surface area contributed by atoms with Crippen LogP contribution in [0.2, 0.25) is 0 Å². The second kappa shape index (κ2) is 4.01. The molecule has 3 rings (SSSR count). The number of fused-ring (bicyclic) bond motifs is 2. The van der Waals surface area contributed by atoms with Gasteiger partial charge in [0, 0.05) is 30.2 Å².